The molecule has 2 unspecified atom stereocenters. The van der Waals surface area contributed by atoms with E-state index in [0.717, 1.165) is 18.4 Å². The molecular formula is C19H25NO2. The highest BCUT2D eigenvalue weighted by molar-refractivity contribution is 5.34. The van der Waals surface area contributed by atoms with Gasteiger partial charge in [0.25, 0.3) is 0 Å². The molecule has 0 spiro atoms. The van der Waals surface area contributed by atoms with Gasteiger partial charge in [-0.3, -0.25) is 0 Å². The fourth-order valence-corrected chi connectivity index (χ4v) is 2.79. The van der Waals surface area contributed by atoms with Crippen LogP contribution in [0, 0.1) is 6.92 Å². The van der Waals surface area contributed by atoms with Crippen molar-refractivity contribution in [2.75, 3.05) is 6.61 Å². The zero-order valence-electron chi connectivity index (χ0n) is 13.3. The Hall–Kier alpha value is -1.84. The maximum Gasteiger partial charge on any atom is 0.120 e. The van der Waals surface area contributed by atoms with Gasteiger partial charge in [-0.2, -0.15) is 0 Å². The number of hydrogen-bond donors (Lipinski definition) is 3. The first-order chi connectivity index (χ1) is 10.6. The van der Waals surface area contributed by atoms with E-state index in [-0.39, 0.29) is 18.7 Å². The van der Waals surface area contributed by atoms with Crippen molar-refractivity contribution in [3.63, 3.8) is 0 Å². The number of phenolic OH excluding ortho intramolecular Hbond substituents is 1. The van der Waals surface area contributed by atoms with Gasteiger partial charge in [0.1, 0.15) is 5.75 Å². The Morgan fingerprint density at radius 2 is 1.86 bits per heavy atom. The van der Waals surface area contributed by atoms with E-state index in [0.29, 0.717) is 5.75 Å². The summed E-state index contributed by atoms with van der Waals surface area (Å²) >= 11 is 0. The fourth-order valence-electron chi connectivity index (χ4n) is 2.79. The molecule has 118 valence electrons. The van der Waals surface area contributed by atoms with Gasteiger partial charge in [-0.25, -0.2) is 0 Å². The van der Waals surface area contributed by atoms with Gasteiger partial charge < -0.3 is 15.5 Å². The van der Waals surface area contributed by atoms with E-state index in [1.807, 2.05) is 24.3 Å². The highest BCUT2D eigenvalue weighted by Crippen LogP contribution is 2.26. The molecule has 0 heterocycles. The molecule has 0 bridgehead atoms. The molecule has 0 fully saturated rings. The molecule has 3 heteroatoms. The topological polar surface area (TPSA) is 52.5 Å². The minimum Gasteiger partial charge on any atom is -0.508 e. The Morgan fingerprint density at radius 3 is 2.50 bits per heavy atom. The maximum absolute atomic E-state index is 10.0. The van der Waals surface area contributed by atoms with E-state index in [1.54, 1.807) is 6.07 Å². The van der Waals surface area contributed by atoms with Crippen LogP contribution in [0.4, 0.5) is 0 Å². The van der Waals surface area contributed by atoms with Crippen molar-refractivity contribution in [3.8, 4) is 5.75 Å². The molecule has 2 aromatic rings. The van der Waals surface area contributed by atoms with E-state index in [2.05, 4.69) is 37.4 Å². The van der Waals surface area contributed by atoms with Crippen LogP contribution in [-0.4, -0.2) is 22.9 Å². The SMILES string of the molecule is CCC(NC(CO)Cc1cccc(C)c1)c1ccccc1O. The summed E-state index contributed by atoms with van der Waals surface area (Å²) in [6.45, 7) is 4.21. The van der Waals surface area contributed by atoms with Gasteiger partial charge in [-0.1, -0.05) is 55.0 Å². The largest absolute Gasteiger partial charge is 0.508 e. The van der Waals surface area contributed by atoms with Crippen LogP contribution in [0.15, 0.2) is 48.5 Å². The second-order valence-electron chi connectivity index (χ2n) is 5.76. The number of hydrogen-bond acceptors (Lipinski definition) is 3. The van der Waals surface area contributed by atoms with Crippen LogP contribution in [-0.2, 0) is 6.42 Å². The maximum atomic E-state index is 10.0. The van der Waals surface area contributed by atoms with Crippen LogP contribution in [0.2, 0.25) is 0 Å². The Kier molecular flexibility index (Phi) is 5.99. The second kappa shape index (κ2) is 7.97. The Balaban J connectivity index is 2.09. The van der Waals surface area contributed by atoms with Crippen LogP contribution in [0.1, 0.15) is 36.1 Å². The summed E-state index contributed by atoms with van der Waals surface area (Å²) in [4.78, 5) is 0. The van der Waals surface area contributed by atoms with Crippen LogP contribution < -0.4 is 5.32 Å². The van der Waals surface area contributed by atoms with Crippen molar-refractivity contribution >= 4 is 0 Å². The van der Waals surface area contributed by atoms with E-state index in [1.165, 1.54) is 11.1 Å². The minimum absolute atomic E-state index is 0.0307. The lowest BCUT2D eigenvalue weighted by Gasteiger charge is -2.25. The average Bonchev–Trinajstić information content (AvgIpc) is 2.52. The van der Waals surface area contributed by atoms with Crippen molar-refractivity contribution in [1.29, 1.82) is 0 Å². The van der Waals surface area contributed by atoms with Gasteiger partial charge in [-0.15, -0.1) is 0 Å². The van der Waals surface area contributed by atoms with Gasteiger partial charge in [0.2, 0.25) is 0 Å². The molecule has 0 aromatic heterocycles. The quantitative estimate of drug-likeness (QED) is 0.735. The predicted molar refractivity (Wildman–Crippen MR) is 90.0 cm³/mol. The summed E-state index contributed by atoms with van der Waals surface area (Å²) in [6.07, 6.45) is 1.62. The normalized spacial score (nSPS) is 13.8. The molecule has 0 saturated heterocycles. The van der Waals surface area contributed by atoms with Gasteiger partial charge in [0.15, 0.2) is 0 Å². The lowest BCUT2D eigenvalue weighted by Crippen LogP contribution is -2.37. The molecule has 2 aromatic carbocycles. The first-order valence-electron chi connectivity index (χ1n) is 7.84. The van der Waals surface area contributed by atoms with Gasteiger partial charge in [0, 0.05) is 17.6 Å². The summed E-state index contributed by atoms with van der Waals surface area (Å²) < 4.78 is 0. The van der Waals surface area contributed by atoms with E-state index in [9.17, 15) is 10.2 Å². The molecule has 3 nitrogen and oxygen atoms in total. The van der Waals surface area contributed by atoms with Crippen molar-refractivity contribution in [1.82, 2.24) is 5.32 Å². The third-order valence-electron chi connectivity index (χ3n) is 3.94. The zero-order chi connectivity index (χ0) is 15.9. The lowest BCUT2D eigenvalue weighted by atomic mass is 9.99. The second-order valence-corrected chi connectivity index (χ2v) is 5.76. The molecular weight excluding hydrogens is 274 g/mol. The fraction of sp³-hybridized carbons (Fsp3) is 0.368. The number of aromatic hydroxyl groups is 1. The number of aliphatic hydroxyl groups excluding tert-OH is 1. The molecule has 2 atom stereocenters. The monoisotopic (exact) mass is 299 g/mol. The molecule has 2 rings (SSSR count). The average molecular weight is 299 g/mol. The molecule has 0 aliphatic rings. The number of aryl methyl sites for hydroxylation is 1. The lowest BCUT2D eigenvalue weighted by molar-refractivity contribution is 0.228. The molecule has 0 aliphatic carbocycles. The van der Waals surface area contributed by atoms with Crippen LogP contribution in [0.5, 0.6) is 5.75 Å². The molecule has 3 N–H and O–H groups in total. The van der Waals surface area contributed by atoms with Crippen molar-refractivity contribution in [3.05, 3.63) is 65.2 Å². The number of aliphatic hydroxyl groups is 1. The van der Waals surface area contributed by atoms with E-state index in [4.69, 9.17) is 0 Å². The third-order valence-corrected chi connectivity index (χ3v) is 3.94. The van der Waals surface area contributed by atoms with E-state index < -0.39 is 0 Å². The van der Waals surface area contributed by atoms with Gasteiger partial charge in [-0.05, 0) is 31.4 Å². The first-order valence-corrected chi connectivity index (χ1v) is 7.84. The molecule has 0 amide bonds. The summed E-state index contributed by atoms with van der Waals surface area (Å²) in [5, 5.41) is 23.2. The number of para-hydroxylation sites is 1. The smallest absolute Gasteiger partial charge is 0.120 e. The number of nitrogens with one attached hydrogen (secondary N) is 1. The molecule has 22 heavy (non-hydrogen) atoms. The highest BCUT2D eigenvalue weighted by atomic mass is 16.3. The number of benzene rings is 2. The molecule has 0 radical (unpaired) electrons. The van der Waals surface area contributed by atoms with Crippen LogP contribution >= 0.6 is 0 Å². The Bertz CT molecular complexity index is 597. The number of rotatable bonds is 7. The van der Waals surface area contributed by atoms with Crippen molar-refractivity contribution < 1.29 is 10.2 Å². The zero-order valence-corrected chi connectivity index (χ0v) is 13.3. The summed E-state index contributed by atoms with van der Waals surface area (Å²) in [7, 11) is 0. The Morgan fingerprint density at radius 1 is 1.09 bits per heavy atom. The van der Waals surface area contributed by atoms with Gasteiger partial charge in [0.05, 0.1) is 6.61 Å². The summed E-state index contributed by atoms with van der Waals surface area (Å²) in [6, 6.07) is 15.7. The minimum atomic E-state index is -0.0358. The third kappa shape index (κ3) is 4.33. The predicted octanol–water partition coefficient (Wildman–Crippen LogP) is 3.34. The van der Waals surface area contributed by atoms with Crippen molar-refractivity contribution in [2.24, 2.45) is 0 Å². The summed E-state index contributed by atoms with van der Waals surface area (Å²) in [5.41, 5.74) is 3.31. The molecule has 0 saturated carbocycles. The Labute approximate surface area is 132 Å². The standard InChI is InChI=1S/C19H25NO2/c1-3-18(17-9-4-5-10-19(17)22)20-16(13-21)12-15-8-6-7-14(2)11-15/h4-11,16,18,20-22H,3,12-13H2,1-2H3. The van der Waals surface area contributed by atoms with Gasteiger partial charge >= 0.3 is 0 Å². The number of phenols is 1. The highest BCUT2D eigenvalue weighted by Gasteiger charge is 2.18. The molecule has 0 aliphatic heterocycles. The van der Waals surface area contributed by atoms with E-state index >= 15 is 0 Å². The van der Waals surface area contributed by atoms with Crippen molar-refractivity contribution in [2.45, 2.75) is 38.8 Å². The van der Waals surface area contributed by atoms with Crippen LogP contribution in [0.25, 0.3) is 0 Å². The summed E-state index contributed by atoms with van der Waals surface area (Å²) in [5.74, 6) is 0.300. The first kappa shape index (κ1) is 16.5. The van der Waals surface area contributed by atoms with Crippen LogP contribution in [0.3, 0.4) is 0 Å².